The summed E-state index contributed by atoms with van der Waals surface area (Å²) in [6.07, 6.45) is 6.84. The van der Waals surface area contributed by atoms with Gasteiger partial charge in [-0.05, 0) is 57.6 Å². The highest BCUT2D eigenvalue weighted by atomic mass is 32.2. The van der Waals surface area contributed by atoms with E-state index in [-0.39, 0.29) is 29.1 Å². The van der Waals surface area contributed by atoms with Gasteiger partial charge in [0, 0.05) is 30.1 Å². The smallest absolute Gasteiger partial charge is 0.244 e. The van der Waals surface area contributed by atoms with Crippen LogP contribution in [-0.4, -0.2) is 63.0 Å². The van der Waals surface area contributed by atoms with Gasteiger partial charge >= 0.3 is 0 Å². The number of thioether (sulfide) groups is 1. The van der Waals surface area contributed by atoms with Crippen molar-refractivity contribution in [3.8, 4) is 0 Å². The van der Waals surface area contributed by atoms with E-state index < -0.39 is 22.6 Å². The van der Waals surface area contributed by atoms with Gasteiger partial charge in [0.1, 0.15) is 6.04 Å². The van der Waals surface area contributed by atoms with Crippen molar-refractivity contribution < 1.29 is 19.5 Å². The fourth-order valence-corrected chi connectivity index (χ4v) is 8.72. The first-order chi connectivity index (χ1) is 16.9. The van der Waals surface area contributed by atoms with Crippen molar-refractivity contribution in [3.63, 3.8) is 0 Å². The van der Waals surface area contributed by atoms with Crippen molar-refractivity contribution in [3.05, 3.63) is 30.3 Å². The minimum absolute atomic E-state index is 0.0631. The minimum atomic E-state index is -0.573. The molecule has 5 atom stereocenters. The Morgan fingerprint density at radius 1 is 1.09 bits per heavy atom. The topological polar surface area (TPSA) is 98.7 Å². The molecule has 1 aromatic rings. The normalized spacial score (nSPS) is 31.0. The van der Waals surface area contributed by atoms with E-state index in [1.807, 2.05) is 30.3 Å². The van der Waals surface area contributed by atoms with Gasteiger partial charge < -0.3 is 20.6 Å². The third kappa shape index (κ3) is 4.84. The first kappa shape index (κ1) is 26.0. The summed E-state index contributed by atoms with van der Waals surface area (Å²) in [5.41, 5.74) is 0.722. The van der Waals surface area contributed by atoms with Gasteiger partial charge in [0.05, 0.1) is 16.6 Å². The second-order valence-electron chi connectivity index (χ2n) is 10.4. The molecule has 0 aliphatic carbocycles. The maximum Gasteiger partial charge on any atom is 0.244 e. The van der Waals surface area contributed by atoms with Crippen LogP contribution in [0.1, 0.15) is 65.2 Å². The van der Waals surface area contributed by atoms with Crippen LogP contribution in [0.2, 0.25) is 0 Å². The minimum Gasteiger partial charge on any atom is -0.396 e. The largest absolute Gasteiger partial charge is 0.396 e. The van der Waals surface area contributed by atoms with Crippen molar-refractivity contribution in [2.24, 2.45) is 11.8 Å². The van der Waals surface area contributed by atoms with Gasteiger partial charge in [-0.15, -0.1) is 11.8 Å². The Labute approximate surface area is 212 Å². The van der Waals surface area contributed by atoms with Crippen LogP contribution in [0.5, 0.6) is 0 Å². The van der Waals surface area contributed by atoms with Crippen LogP contribution in [0.15, 0.2) is 30.3 Å². The number of rotatable bonds is 12. The predicted octanol–water partition coefficient (Wildman–Crippen LogP) is 3.58. The summed E-state index contributed by atoms with van der Waals surface area (Å²) in [5, 5.41) is 15.3. The molecule has 3 aliphatic rings. The number of carbonyl (C=O) groups is 3. The number of carbonyl (C=O) groups excluding carboxylic acids is 3. The SMILES string of the molecule is CCCCCNC(=O)C1N(CCCCCO)C(=O)[C@@H]2[C@@H](C(=O)Nc3ccccc3)[C@@]3(C)CCC12S3. The van der Waals surface area contributed by atoms with Gasteiger partial charge in [-0.3, -0.25) is 14.4 Å². The van der Waals surface area contributed by atoms with Crippen LogP contribution in [-0.2, 0) is 14.4 Å². The van der Waals surface area contributed by atoms with Crippen molar-refractivity contribution in [2.75, 3.05) is 25.0 Å². The second kappa shape index (κ2) is 10.9. The molecule has 0 radical (unpaired) electrons. The maximum absolute atomic E-state index is 13.9. The Balaban J connectivity index is 1.60. The number of para-hydroxylation sites is 1. The molecule has 3 N–H and O–H groups in total. The Morgan fingerprint density at radius 2 is 1.86 bits per heavy atom. The molecule has 1 spiro atoms. The van der Waals surface area contributed by atoms with Gasteiger partial charge in [-0.1, -0.05) is 38.0 Å². The number of nitrogens with one attached hydrogen (secondary N) is 2. The number of aliphatic hydroxyl groups is 1. The number of fused-ring (bicyclic) bond motifs is 1. The van der Waals surface area contributed by atoms with Gasteiger partial charge in [0.2, 0.25) is 17.7 Å². The van der Waals surface area contributed by atoms with Crippen LogP contribution >= 0.6 is 11.8 Å². The summed E-state index contributed by atoms with van der Waals surface area (Å²) >= 11 is 1.71. The molecule has 4 rings (SSSR count). The monoisotopic (exact) mass is 501 g/mol. The molecule has 3 amide bonds. The average Bonchev–Trinajstić information content (AvgIpc) is 3.41. The zero-order chi connectivity index (χ0) is 25.1. The Morgan fingerprint density at radius 3 is 2.57 bits per heavy atom. The molecule has 0 aromatic heterocycles. The van der Waals surface area contributed by atoms with E-state index in [4.69, 9.17) is 5.11 Å². The molecule has 3 heterocycles. The van der Waals surface area contributed by atoms with E-state index in [1.54, 1.807) is 16.7 Å². The maximum atomic E-state index is 13.9. The summed E-state index contributed by atoms with van der Waals surface area (Å²) < 4.78 is -0.945. The van der Waals surface area contributed by atoms with E-state index in [2.05, 4.69) is 24.5 Å². The molecule has 1 aromatic carbocycles. The Bertz CT molecular complexity index is 928. The van der Waals surface area contributed by atoms with E-state index in [0.29, 0.717) is 19.5 Å². The molecule has 0 saturated carbocycles. The third-order valence-corrected chi connectivity index (χ3v) is 9.97. The van der Waals surface area contributed by atoms with E-state index in [9.17, 15) is 14.4 Å². The highest BCUT2D eigenvalue weighted by molar-refractivity contribution is 8.02. The van der Waals surface area contributed by atoms with Crippen LogP contribution in [0.4, 0.5) is 5.69 Å². The number of amides is 3. The van der Waals surface area contributed by atoms with E-state index >= 15 is 0 Å². The molecule has 3 aliphatic heterocycles. The molecule has 2 unspecified atom stereocenters. The lowest BCUT2D eigenvalue weighted by Crippen LogP contribution is -2.54. The van der Waals surface area contributed by atoms with Gasteiger partial charge in [0.15, 0.2) is 0 Å². The van der Waals surface area contributed by atoms with Crippen LogP contribution in [0.25, 0.3) is 0 Å². The van der Waals surface area contributed by atoms with Crippen molar-refractivity contribution >= 4 is 35.2 Å². The molecule has 8 heteroatoms. The summed E-state index contributed by atoms with van der Waals surface area (Å²) in [7, 11) is 0. The predicted molar refractivity (Wildman–Crippen MR) is 139 cm³/mol. The lowest BCUT2D eigenvalue weighted by molar-refractivity contribution is -0.139. The quantitative estimate of drug-likeness (QED) is 0.380. The first-order valence-corrected chi connectivity index (χ1v) is 13.9. The second-order valence-corrected chi connectivity index (χ2v) is 12.3. The lowest BCUT2D eigenvalue weighted by atomic mass is 9.66. The van der Waals surface area contributed by atoms with Crippen LogP contribution in [0.3, 0.4) is 0 Å². The number of hydrogen-bond donors (Lipinski definition) is 3. The fourth-order valence-electron chi connectivity index (χ4n) is 6.36. The number of unbranched alkanes of at least 4 members (excludes halogenated alkanes) is 4. The molecule has 2 bridgehead atoms. The highest BCUT2D eigenvalue weighted by Crippen LogP contribution is 2.71. The number of anilines is 1. The van der Waals surface area contributed by atoms with Gasteiger partial charge in [-0.25, -0.2) is 0 Å². The van der Waals surface area contributed by atoms with Crippen molar-refractivity contribution in [1.82, 2.24) is 10.2 Å². The molecule has 192 valence electrons. The molecule has 35 heavy (non-hydrogen) atoms. The fraction of sp³-hybridized carbons (Fsp3) is 0.667. The number of likely N-dealkylation sites (tertiary alicyclic amines) is 1. The molecular formula is C27H39N3O4S. The summed E-state index contributed by atoms with van der Waals surface area (Å²) in [6.45, 7) is 5.43. The summed E-state index contributed by atoms with van der Waals surface area (Å²) in [5.74, 6) is -1.26. The number of hydrogen-bond acceptors (Lipinski definition) is 5. The Hall–Kier alpha value is -2.06. The average molecular weight is 502 g/mol. The molecule has 3 fully saturated rings. The lowest BCUT2D eigenvalue weighted by Gasteiger charge is -2.34. The number of nitrogens with zero attached hydrogens (tertiary/aromatic N) is 1. The van der Waals surface area contributed by atoms with Crippen LogP contribution in [0, 0.1) is 11.8 Å². The zero-order valence-electron chi connectivity index (χ0n) is 20.9. The van der Waals surface area contributed by atoms with E-state index in [0.717, 1.165) is 50.6 Å². The van der Waals surface area contributed by atoms with Crippen molar-refractivity contribution in [1.29, 1.82) is 0 Å². The zero-order valence-corrected chi connectivity index (χ0v) is 21.7. The van der Waals surface area contributed by atoms with Gasteiger partial charge in [-0.2, -0.15) is 0 Å². The van der Waals surface area contributed by atoms with E-state index in [1.165, 1.54) is 0 Å². The number of aliphatic hydroxyl groups excluding tert-OH is 1. The molecule has 3 saturated heterocycles. The molecular weight excluding hydrogens is 462 g/mol. The van der Waals surface area contributed by atoms with Gasteiger partial charge in [0.25, 0.3) is 0 Å². The standard InChI is InChI=1S/C27H39N3O4S/c1-3-4-9-16-28-24(33)22-27-15-14-26(2,35-27)20(23(32)29-19-12-7-5-8-13-19)21(27)25(34)30(22)17-10-6-11-18-31/h5,7-8,12-13,20-22,31H,3-4,6,9-11,14-18H2,1-2H3,(H,28,33)(H,29,32)/t20-,21-,22?,26+,27?/m0/s1. The van der Waals surface area contributed by atoms with Crippen LogP contribution < -0.4 is 10.6 Å². The number of benzene rings is 1. The summed E-state index contributed by atoms with van der Waals surface area (Å²) in [4.78, 5) is 42.9. The first-order valence-electron chi connectivity index (χ1n) is 13.1. The molecule has 7 nitrogen and oxygen atoms in total. The Kier molecular flexibility index (Phi) is 8.11. The third-order valence-electron chi connectivity index (χ3n) is 7.99. The van der Waals surface area contributed by atoms with Crippen molar-refractivity contribution in [2.45, 2.75) is 80.7 Å². The summed E-state index contributed by atoms with van der Waals surface area (Å²) in [6, 6.07) is 8.80. The highest BCUT2D eigenvalue weighted by Gasteiger charge is 2.76.